The van der Waals surface area contributed by atoms with Crippen molar-refractivity contribution in [2.45, 2.75) is 39.2 Å². The number of rotatable bonds is 2. The van der Waals surface area contributed by atoms with E-state index in [4.69, 9.17) is 5.73 Å². The molecule has 0 amide bonds. The van der Waals surface area contributed by atoms with Crippen molar-refractivity contribution in [1.82, 2.24) is 0 Å². The van der Waals surface area contributed by atoms with Crippen molar-refractivity contribution in [3.05, 3.63) is 0 Å². The van der Waals surface area contributed by atoms with Crippen LogP contribution in [0.3, 0.4) is 0 Å². The molecular formula is C11H21NO. The molecule has 0 aromatic rings. The number of hydrogen-bond acceptors (Lipinski definition) is 2. The Bertz CT molecular complexity index is 200. The molecule has 3 N–H and O–H groups in total. The molecule has 2 nitrogen and oxygen atoms in total. The maximum Gasteiger partial charge on any atom is 0.0693 e. The monoisotopic (exact) mass is 183 g/mol. The quantitative estimate of drug-likeness (QED) is 0.679. The summed E-state index contributed by atoms with van der Waals surface area (Å²) >= 11 is 0. The van der Waals surface area contributed by atoms with E-state index < -0.39 is 0 Å². The molecule has 3 aliphatic carbocycles. The highest BCUT2D eigenvalue weighted by molar-refractivity contribution is 5.04. The van der Waals surface area contributed by atoms with Gasteiger partial charge >= 0.3 is 0 Å². The van der Waals surface area contributed by atoms with Crippen LogP contribution >= 0.6 is 0 Å². The van der Waals surface area contributed by atoms with E-state index in [1.807, 2.05) is 0 Å². The molecule has 3 saturated carbocycles. The average molecular weight is 183 g/mol. The molecule has 3 rings (SSSR count). The van der Waals surface area contributed by atoms with Crippen LogP contribution in [0, 0.1) is 23.2 Å². The van der Waals surface area contributed by atoms with Crippen LogP contribution in [0.1, 0.15) is 33.1 Å². The zero-order chi connectivity index (χ0) is 9.64. The van der Waals surface area contributed by atoms with E-state index in [-0.39, 0.29) is 6.10 Å². The molecule has 3 aliphatic rings. The van der Waals surface area contributed by atoms with Gasteiger partial charge in [-0.05, 0) is 42.4 Å². The van der Waals surface area contributed by atoms with Gasteiger partial charge in [-0.15, -0.1) is 0 Å². The van der Waals surface area contributed by atoms with Crippen molar-refractivity contribution in [2.24, 2.45) is 28.9 Å². The van der Waals surface area contributed by atoms with Crippen LogP contribution in [-0.2, 0) is 0 Å². The van der Waals surface area contributed by atoms with Crippen molar-refractivity contribution in [2.75, 3.05) is 6.54 Å². The van der Waals surface area contributed by atoms with E-state index in [1.165, 1.54) is 19.3 Å². The zero-order valence-electron chi connectivity index (χ0n) is 8.66. The SMILES string of the molecule is CC1(C)C2CCC([C@H](O)CN)C1C2. The van der Waals surface area contributed by atoms with Crippen molar-refractivity contribution >= 4 is 0 Å². The van der Waals surface area contributed by atoms with Crippen molar-refractivity contribution in [1.29, 1.82) is 0 Å². The summed E-state index contributed by atoms with van der Waals surface area (Å²) in [6, 6.07) is 0. The van der Waals surface area contributed by atoms with Gasteiger partial charge in [0.2, 0.25) is 0 Å². The van der Waals surface area contributed by atoms with Gasteiger partial charge in [-0.1, -0.05) is 13.8 Å². The third kappa shape index (κ3) is 1.23. The van der Waals surface area contributed by atoms with Crippen LogP contribution in [-0.4, -0.2) is 17.8 Å². The Kier molecular flexibility index (Phi) is 2.16. The minimum atomic E-state index is -0.259. The molecule has 0 heterocycles. The Morgan fingerprint density at radius 2 is 2.15 bits per heavy atom. The fourth-order valence-corrected chi connectivity index (χ4v) is 3.50. The van der Waals surface area contributed by atoms with Gasteiger partial charge in [-0.25, -0.2) is 0 Å². The van der Waals surface area contributed by atoms with E-state index in [1.54, 1.807) is 0 Å². The Morgan fingerprint density at radius 3 is 2.62 bits per heavy atom. The summed E-state index contributed by atoms with van der Waals surface area (Å²) in [4.78, 5) is 0. The molecule has 0 aromatic carbocycles. The lowest BCUT2D eigenvalue weighted by Crippen LogP contribution is -2.55. The van der Waals surface area contributed by atoms with Crippen molar-refractivity contribution in [3.63, 3.8) is 0 Å². The van der Waals surface area contributed by atoms with Crippen LogP contribution < -0.4 is 5.73 Å². The van der Waals surface area contributed by atoms with Gasteiger partial charge in [-0.2, -0.15) is 0 Å². The zero-order valence-corrected chi connectivity index (χ0v) is 8.66. The van der Waals surface area contributed by atoms with Crippen LogP contribution in [0.4, 0.5) is 0 Å². The predicted molar refractivity (Wildman–Crippen MR) is 53.2 cm³/mol. The van der Waals surface area contributed by atoms with E-state index >= 15 is 0 Å². The van der Waals surface area contributed by atoms with Gasteiger partial charge < -0.3 is 10.8 Å². The highest BCUT2D eigenvalue weighted by atomic mass is 16.3. The third-order valence-corrected chi connectivity index (χ3v) is 4.65. The highest BCUT2D eigenvalue weighted by Gasteiger charge is 2.55. The first-order chi connectivity index (χ1) is 6.07. The van der Waals surface area contributed by atoms with Gasteiger partial charge in [0, 0.05) is 6.54 Å². The van der Waals surface area contributed by atoms with Crippen LogP contribution in [0.25, 0.3) is 0 Å². The first-order valence-corrected chi connectivity index (χ1v) is 5.45. The van der Waals surface area contributed by atoms with Crippen LogP contribution in [0.2, 0.25) is 0 Å². The molecule has 0 aliphatic heterocycles. The molecule has 0 radical (unpaired) electrons. The molecular weight excluding hydrogens is 162 g/mol. The lowest BCUT2D eigenvalue weighted by atomic mass is 9.45. The second kappa shape index (κ2) is 2.96. The molecule has 4 atom stereocenters. The predicted octanol–water partition coefficient (Wildman–Crippen LogP) is 1.38. The molecule has 3 fully saturated rings. The largest absolute Gasteiger partial charge is 0.392 e. The summed E-state index contributed by atoms with van der Waals surface area (Å²) < 4.78 is 0. The highest BCUT2D eigenvalue weighted by Crippen LogP contribution is 2.61. The first kappa shape index (κ1) is 9.47. The van der Waals surface area contributed by atoms with E-state index in [0.29, 0.717) is 17.9 Å². The smallest absolute Gasteiger partial charge is 0.0693 e. The molecule has 76 valence electrons. The molecule has 0 aromatic heterocycles. The molecule has 0 saturated heterocycles. The summed E-state index contributed by atoms with van der Waals surface area (Å²) in [6.07, 6.45) is 3.56. The van der Waals surface area contributed by atoms with E-state index in [0.717, 1.165) is 11.8 Å². The standard InChI is InChI=1S/C11H21NO/c1-11(2)7-3-4-8(9(11)5-7)10(13)6-12/h7-10,13H,3-6,12H2,1-2H3/t7?,8?,9?,10-/m1/s1. The number of aliphatic hydroxyl groups is 1. The van der Waals surface area contributed by atoms with Crippen LogP contribution in [0.5, 0.6) is 0 Å². The van der Waals surface area contributed by atoms with Gasteiger partial charge in [0.25, 0.3) is 0 Å². The molecule has 3 unspecified atom stereocenters. The normalized spacial score (nSPS) is 43.8. The van der Waals surface area contributed by atoms with Gasteiger partial charge in [0.15, 0.2) is 0 Å². The third-order valence-electron chi connectivity index (χ3n) is 4.65. The molecule has 0 spiro atoms. The second-order valence-corrected chi connectivity index (χ2v) is 5.40. The number of hydrogen-bond donors (Lipinski definition) is 2. The second-order valence-electron chi connectivity index (χ2n) is 5.40. The van der Waals surface area contributed by atoms with Crippen molar-refractivity contribution < 1.29 is 5.11 Å². The summed E-state index contributed by atoms with van der Waals surface area (Å²) in [6.45, 7) is 5.13. The van der Waals surface area contributed by atoms with Crippen LogP contribution in [0.15, 0.2) is 0 Å². The van der Waals surface area contributed by atoms with Gasteiger partial charge in [0.1, 0.15) is 0 Å². The average Bonchev–Trinajstić information content (AvgIpc) is 2.16. The maximum atomic E-state index is 9.78. The Labute approximate surface area is 80.5 Å². The summed E-state index contributed by atoms with van der Waals surface area (Å²) in [5.74, 6) is 2.12. The summed E-state index contributed by atoms with van der Waals surface area (Å²) in [5, 5.41) is 9.78. The van der Waals surface area contributed by atoms with Gasteiger partial charge in [-0.3, -0.25) is 0 Å². The van der Waals surface area contributed by atoms with Crippen molar-refractivity contribution in [3.8, 4) is 0 Å². The Morgan fingerprint density at radius 1 is 1.46 bits per heavy atom. The number of nitrogens with two attached hydrogens (primary N) is 1. The summed E-state index contributed by atoms with van der Waals surface area (Å²) in [7, 11) is 0. The fourth-order valence-electron chi connectivity index (χ4n) is 3.50. The first-order valence-electron chi connectivity index (χ1n) is 5.45. The van der Waals surface area contributed by atoms with E-state index in [9.17, 15) is 5.11 Å². The fraction of sp³-hybridized carbons (Fsp3) is 1.00. The minimum Gasteiger partial charge on any atom is -0.392 e. The number of fused-ring (bicyclic) bond motifs is 2. The molecule has 13 heavy (non-hydrogen) atoms. The topological polar surface area (TPSA) is 46.2 Å². The lowest BCUT2D eigenvalue weighted by molar-refractivity contribution is -0.135. The lowest BCUT2D eigenvalue weighted by Gasteiger charge is -2.61. The number of aliphatic hydroxyl groups excluding tert-OH is 1. The maximum absolute atomic E-state index is 9.78. The summed E-state index contributed by atoms with van der Waals surface area (Å²) in [5.41, 5.74) is 5.99. The Hall–Kier alpha value is -0.0800. The minimum absolute atomic E-state index is 0.259. The Balaban J connectivity index is 2.07. The molecule has 2 bridgehead atoms. The molecule has 2 heteroatoms. The van der Waals surface area contributed by atoms with Gasteiger partial charge in [0.05, 0.1) is 6.10 Å². The van der Waals surface area contributed by atoms with E-state index in [2.05, 4.69) is 13.8 Å².